The number of sulfone groups is 1. The van der Waals surface area contributed by atoms with Gasteiger partial charge in [-0.3, -0.25) is 4.79 Å². The third-order valence-corrected chi connectivity index (χ3v) is 4.06. The number of nitrogen functional groups attached to an aromatic ring is 1. The van der Waals surface area contributed by atoms with Crippen LogP contribution in [0.5, 0.6) is 5.75 Å². The van der Waals surface area contributed by atoms with E-state index in [4.69, 9.17) is 10.5 Å². The third kappa shape index (κ3) is 3.41. The van der Waals surface area contributed by atoms with Crippen LogP contribution in [0, 0.1) is 0 Å². The minimum Gasteiger partial charge on any atom is -0.497 e. The topological polar surface area (TPSA) is 86.5 Å². The van der Waals surface area contributed by atoms with Crippen molar-refractivity contribution in [3.63, 3.8) is 0 Å². The van der Waals surface area contributed by atoms with Crippen LogP contribution in [0.4, 0.5) is 5.69 Å². The summed E-state index contributed by atoms with van der Waals surface area (Å²) in [4.78, 5) is 12.4. The Morgan fingerprint density at radius 1 is 1.05 bits per heavy atom. The van der Waals surface area contributed by atoms with Crippen molar-refractivity contribution < 1.29 is 17.9 Å². The molecular formula is C15H15NO4S. The van der Waals surface area contributed by atoms with Gasteiger partial charge >= 0.3 is 0 Å². The van der Waals surface area contributed by atoms with E-state index in [9.17, 15) is 13.2 Å². The van der Waals surface area contributed by atoms with Gasteiger partial charge in [0, 0.05) is 23.1 Å². The molecule has 0 bridgehead atoms. The largest absolute Gasteiger partial charge is 0.497 e. The number of carbonyl (C=O) groups excluding carboxylic acids is 1. The molecule has 5 nitrogen and oxygen atoms in total. The average Bonchev–Trinajstić information content (AvgIpc) is 2.45. The zero-order valence-electron chi connectivity index (χ0n) is 11.7. The Balaban J connectivity index is 2.45. The Labute approximate surface area is 123 Å². The van der Waals surface area contributed by atoms with Crippen molar-refractivity contribution in [3.05, 3.63) is 53.6 Å². The minimum atomic E-state index is -3.43. The van der Waals surface area contributed by atoms with Crippen molar-refractivity contribution in [1.82, 2.24) is 0 Å². The molecule has 21 heavy (non-hydrogen) atoms. The van der Waals surface area contributed by atoms with E-state index in [1.54, 1.807) is 24.3 Å². The molecule has 0 aromatic heterocycles. The number of hydrogen-bond acceptors (Lipinski definition) is 5. The predicted molar refractivity (Wildman–Crippen MR) is 80.4 cm³/mol. The van der Waals surface area contributed by atoms with Crippen LogP contribution in [0.2, 0.25) is 0 Å². The first-order valence-electron chi connectivity index (χ1n) is 6.10. The number of ether oxygens (including phenoxy) is 1. The van der Waals surface area contributed by atoms with E-state index in [1.165, 1.54) is 25.3 Å². The molecular weight excluding hydrogens is 290 g/mol. The smallest absolute Gasteiger partial charge is 0.193 e. The second kappa shape index (κ2) is 5.57. The maximum atomic E-state index is 12.4. The lowest BCUT2D eigenvalue weighted by atomic mass is 10.0. The molecule has 2 N–H and O–H groups in total. The molecule has 0 radical (unpaired) electrons. The van der Waals surface area contributed by atoms with Gasteiger partial charge in [0.25, 0.3) is 0 Å². The zero-order chi connectivity index (χ0) is 15.6. The number of rotatable bonds is 4. The standard InChI is InChI=1S/C15H15NO4S/c1-20-13-5-3-10(4-6-13)15(17)11-7-12(16)9-14(8-11)21(2,18)19/h3-9H,16H2,1-2H3. The van der Waals surface area contributed by atoms with Crippen LogP contribution in [0.3, 0.4) is 0 Å². The minimum absolute atomic E-state index is 0.0272. The van der Waals surface area contributed by atoms with E-state index in [0.29, 0.717) is 11.3 Å². The Kier molecular flexibility index (Phi) is 3.99. The molecule has 2 rings (SSSR count). The van der Waals surface area contributed by atoms with E-state index in [2.05, 4.69) is 0 Å². The summed E-state index contributed by atoms with van der Waals surface area (Å²) in [6.45, 7) is 0. The van der Waals surface area contributed by atoms with Crippen LogP contribution in [0.25, 0.3) is 0 Å². The second-order valence-corrected chi connectivity index (χ2v) is 6.64. The highest BCUT2D eigenvalue weighted by Gasteiger charge is 2.15. The summed E-state index contributed by atoms with van der Waals surface area (Å²) in [6, 6.07) is 10.7. The van der Waals surface area contributed by atoms with Gasteiger partial charge in [-0.2, -0.15) is 0 Å². The third-order valence-electron chi connectivity index (χ3n) is 2.97. The van der Waals surface area contributed by atoms with Crippen LogP contribution in [-0.2, 0) is 9.84 Å². The predicted octanol–water partition coefficient (Wildman–Crippen LogP) is 1.91. The summed E-state index contributed by atoms with van der Waals surface area (Å²) in [5.41, 5.74) is 6.58. The lowest BCUT2D eigenvalue weighted by molar-refractivity contribution is 0.103. The van der Waals surface area contributed by atoms with Gasteiger partial charge < -0.3 is 10.5 Å². The fourth-order valence-electron chi connectivity index (χ4n) is 1.88. The molecule has 0 amide bonds. The fourth-order valence-corrected chi connectivity index (χ4v) is 2.57. The second-order valence-electron chi connectivity index (χ2n) is 4.62. The van der Waals surface area contributed by atoms with Gasteiger partial charge in [-0.05, 0) is 42.5 Å². The van der Waals surface area contributed by atoms with Crippen molar-refractivity contribution in [2.24, 2.45) is 0 Å². The maximum absolute atomic E-state index is 12.4. The summed E-state index contributed by atoms with van der Waals surface area (Å²) in [7, 11) is -1.89. The van der Waals surface area contributed by atoms with Crippen LogP contribution in [0.15, 0.2) is 47.4 Å². The molecule has 110 valence electrons. The summed E-state index contributed by atoms with van der Waals surface area (Å²) in [5.74, 6) is 0.339. The molecule has 0 saturated carbocycles. The van der Waals surface area contributed by atoms with Gasteiger partial charge in [0.1, 0.15) is 5.75 Å². The number of benzene rings is 2. The summed E-state index contributed by atoms with van der Waals surface area (Å²) in [6.07, 6.45) is 1.07. The molecule has 0 unspecified atom stereocenters. The lowest BCUT2D eigenvalue weighted by Gasteiger charge is -2.07. The fraction of sp³-hybridized carbons (Fsp3) is 0.133. The lowest BCUT2D eigenvalue weighted by Crippen LogP contribution is -2.06. The van der Waals surface area contributed by atoms with Gasteiger partial charge in [0.05, 0.1) is 12.0 Å². The number of nitrogens with two attached hydrogens (primary N) is 1. The number of methoxy groups -OCH3 is 1. The van der Waals surface area contributed by atoms with Crippen molar-refractivity contribution in [2.45, 2.75) is 4.90 Å². The van der Waals surface area contributed by atoms with Crippen molar-refractivity contribution >= 4 is 21.3 Å². The van der Waals surface area contributed by atoms with E-state index in [-0.39, 0.29) is 21.9 Å². The molecule has 2 aromatic rings. The Morgan fingerprint density at radius 3 is 2.19 bits per heavy atom. The number of carbonyl (C=O) groups is 1. The number of anilines is 1. The van der Waals surface area contributed by atoms with Crippen molar-refractivity contribution in [3.8, 4) is 5.75 Å². The molecule has 0 aliphatic carbocycles. The first-order chi connectivity index (χ1) is 9.81. The quantitative estimate of drug-likeness (QED) is 0.689. The van der Waals surface area contributed by atoms with Gasteiger partial charge in [0.2, 0.25) is 0 Å². The molecule has 6 heteroatoms. The van der Waals surface area contributed by atoms with E-state index < -0.39 is 9.84 Å². The van der Waals surface area contributed by atoms with Gasteiger partial charge in [-0.1, -0.05) is 0 Å². The normalized spacial score (nSPS) is 11.1. The maximum Gasteiger partial charge on any atom is 0.193 e. The summed E-state index contributed by atoms with van der Waals surface area (Å²) >= 11 is 0. The molecule has 0 aliphatic rings. The average molecular weight is 305 g/mol. The summed E-state index contributed by atoms with van der Waals surface area (Å²) < 4.78 is 28.2. The Bertz CT molecular complexity index is 780. The van der Waals surface area contributed by atoms with Gasteiger partial charge in [0.15, 0.2) is 15.6 Å². The monoisotopic (exact) mass is 305 g/mol. The zero-order valence-corrected chi connectivity index (χ0v) is 12.5. The SMILES string of the molecule is COc1ccc(C(=O)c2cc(N)cc(S(C)(=O)=O)c2)cc1. The van der Waals surface area contributed by atoms with E-state index in [0.717, 1.165) is 6.26 Å². The Morgan fingerprint density at radius 2 is 1.67 bits per heavy atom. The molecule has 2 aromatic carbocycles. The Hall–Kier alpha value is -2.34. The molecule has 0 atom stereocenters. The first-order valence-corrected chi connectivity index (χ1v) is 8.00. The summed E-state index contributed by atoms with van der Waals surface area (Å²) in [5, 5.41) is 0. The van der Waals surface area contributed by atoms with Crippen LogP contribution < -0.4 is 10.5 Å². The van der Waals surface area contributed by atoms with Crippen molar-refractivity contribution in [1.29, 1.82) is 0 Å². The van der Waals surface area contributed by atoms with Crippen LogP contribution in [-0.4, -0.2) is 27.6 Å². The first kappa shape index (κ1) is 15.1. The molecule has 0 fully saturated rings. The van der Waals surface area contributed by atoms with Gasteiger partial charge in [-0.15, -0.1) is 0 Å². The molecule has 0 heterocycles. The number of hydrogen-bond donors (Lipinski definition) is 1. The molecule has 0 spiro atoms. The molecule has 0 aliphatic heterocycles. The number of ketones is 1. The molecule has 0 saturated heterocycles. The van der Waals surface area contributed by atoms with Gasteiger partial charge in [-0.25, -0.2) is 8.42 Å². The van der Waals surface area contributed by atoms with Crippen molar-refractivity contribution in [2.75, 3.05) is 19.1 Å². The van der Waals surface area contributed by atoms with Crippen LogP contribution >= 0.6 is 0 Å². The highest BCUT2D eigenvalue weighted by molar-refractivity contribution is 7.90. The van der Waals surface area contributed by atoms with E-state index in [1.807, 2.05) is 0 Å². The van der Waals surface area contributed by atoms with E-state index >= 15 is 0 Å². The van der Waals surface area contributed by atoms with Crippen LogP contribution in [0.1, 0.15) is 15.9 Å². The highest BCUT2D eigenvalue weighted by atomic mass is 32.2. The highest BCUT2D eigenvalue weighted by Crippen LogP contribution is 2.20.